The van der Waals surface area contributed by atoms with E-state index in [1.807, 2.05) is 0 Å². The van der Waals surface area contributed by atoms with Crippen LogP contribution in [0.15, 0.2) is 18.2 Å². The molecule has 15 heavy (non-hydrogen) atoms. The summed E-state index contributed by atoms with van der Waals surface area (Å²) in [5.41, 5.74) is 0.285. The van der Waals surface area contributed by atoms with Crippen molar-refractivity contribution < 1.29 is 9.59 Å². The van der Waals surface area contributed by atoms with Gasteiger partial charge in [0.2, 0.25) is 10.5 Å². The van der Waals surface area contributed by atoms with Crippen LogP contribution in [0.25, 0.3) is 0 Å². The Kier molecular flexibility index (Phi) is 4.41. The number of carbonyl (C=O) groups is 2. The SMILES string of the molecule is O=C(Cl)C(C(=O)Cl)c1cc(Cl)cc(Cl)c1. The molecule has 6 heteroatoms. The summed E-state index contributed by atoms with van der Waals surface area (Å²) >= 11 is 21.9. The second kappa shape index (κ2) is 5.17. The van der Waals surface area contributed by atoms with Crippen molar-refractivity contribution in [1.82, 2.24) is 0 Å². The molecule has 2 nitrogen and oxygen atoms in total. The van der Waals surface area contributed by atoms with Gasteiger partial charge in [0.1, 0.15) is 5.92 Å². The van der Waals surface area contributed by atoms with Crippen LogP contribution in [-0.4, -0.2) is 10.5 Å². The number of hydrogen-bond donors (Lipinski definition) is 0. The topological polar surface area (TPSA) is 34.1 Å². The van der Waals surface area contributed by atoms with Crippen LogP contribution < -0.4 is 0 Å². The van der Waals surface area contributed by atoms with E-state index in [0.29, 0.717) is 10.0 Å². The van der Waals surface area contributed by atoms with E-state index < -0.39 is 16.4 Å². The van der Waals surface area contributed by atoms with Crippen molar-refractivity contribution >= 4 is 56.9 Å². The lowest BCUT2D eigenvalue weighted by atomic mass is 10.0. The molecule has 0 saturated carbocycles. The average molecular weight is 286 g/mol. The molecule has 0 spiro atoms. The van der Waals surface area contributed by atoms with Crippen LogP contribution in [0.2, 0.25) is 10.0 Å². The molecule has 0 atom stereocenters. The van der Waals surface area contributed by atoms with Gasteiger partial charge in [-0.15, -0.1) is 0 Å². The Bertz CT molecular complexity index is 382. The van der Waals surface area contributed by atoms with Gasteiger partial charge in [-0.2, -0.15) is 0 Å². The third-order valence-electron chi connectivity index (χ3n) is 1.67. The van der Waals surface area contributed by atoms with Gasteiger partial charge in [0.25, 0.3) is 0 Å². The summed E-state index contributed by atoms with van der Waals surface area (Å²) in [6.07, 6.45) is 0. The summed E-state index contributed by atoms with van der Waals surface area (Å²) < 4.78 is 0. The number of carbonyl (C=O) groups excluding carboxylic acids is 2. The highest BCUT2D eigenvalue weighted by molar-refractivity contribution is 6.74. The zero-order valence-electron chi connectivity index (χ0n) is 7.14. The van der Waals surface area contributed by atoms with E-state index in [4.69, 9.17) is 46.4 Å². The predicted octanol–water partition coefficient (Wildman–Crippen LogP) is 3.61. The quantitative estimate of drug-likeness (QED) is 0.628. The van der Waals surface area contributed by atoms with E-state index in [2.05, 4.69) is 0 Å². The number of halogens is 4. The van der Waals surface area contributed by atoms with E-state index in [0.717, 1.165) is 0 Å². The van der Waals surface area contributed by atoms with Crippen LogP contribution in [0.4, 0.5) is 0 Å². The van der Waals surface area contributed by atoms with Gasteiger partial charge >= 0.3 is 0 Å². The normalized spacial score (nSPS) is 10.5. The highest BCUT2D eigenvalue weighted by atomic mass is 35.5. The van der Waals surface area contributed by atoms with Crippen LogP contribution in [-0.2, 0) is 9.59 Å². The van der Waals surface area contributed by atoms with Gasteiger partial charge in [-0.3, -0.25) is 9.59 Å². The number of benzene rings is 1. The number of hydrogen-bond acceptors (Lipinski definition) is 2. The van der Waals surface area contributed by atoms with Gasteiger partial charge in [0.15, 0.2) is 0 Å². The Hall–Kier alpha value is -0.280. The fraction of sp³-hybridized carbons (Fsp3) is 0.111. The fourth-order valence-electron chi connectivity index (χ4n) is 1.09. The molecule has 0 unspecified atom stereocenters. The maximum atomic E-state index is 11.0. The molecule has 0 fully saturated rings. The van der Waals surface area contributed by atoms with Crippen molar-refractivity contribution in [3.8, 4) is 0 Å². The molecule has 0 aromatic heterocycles. The minimum atomic E-state index is -1.23. The van der Waals surface area contributed by atoms with Crippen molar-refractivity contribution in [3.63, 3.8) is 0 Å². The molecule has 1 aromatic carbocycles. The molecule has 0 saturated heterocycles. The van der Waals surface area contributed by atoms with Crippen LogP contribution in [0.1, 0.15) is 11.5 Å². The Balaban J connectivity index is 3.22. The van der Waals surface area contributed by atoms with Gasteiger partial charge < -0.3 is 0 Å². The first kappa shape index (κ1) is 12.8. The van der Waals surface area contributed by atoms with Crippen LogP contribution in [0, 0.1) is 0 Å². The zero-order chi connectivity index (χ0) is 11.6. The summed E-state index contributed by atoms with van der Waals surface area (Å²) in [4.78, 5) is 22.0. The lowest BCUT2D eigenvalue weighted by Gasteiger charge is -2.08. The summed E-state index contributed by atoms with van der Waals surface area (Å²) in [7, 11) is 0. The van der Waals surface area contributed by atoms with Crippen molar-refractivity contribution in [2.45, 2.75) is 5.92 Å². The Morgan fingerprint density at radius 2 is 1.33 bits per heavy atom. The molecule has 1 aromatic rings. The fourth-order valence-corrected chi connectivity index (χ4v) is 2.14. The second-order valence-corrected chi connectivity index (χ2v) is 4.36. The first-order chi connectivity index (χ1) is 6.91. The van der Waals surface area contributed by atoms with Crippen molar-refractivity contribution in [3.05, 3.63) is 33.8 Å². The van der Waals surface area contributed by atoms with Gasteiger partial charge in [0, 0.05) is 10.0 Å². The zero-order valence-corrected chi connectivity index (χ0v) is 10.2. The molecule has 0 bridgehead atoms. The average Bonchev–Trinajstić information content (AvgIpc) is 1.99. The first-order valence-corrected chi connectivity index (χ1v) is 5.27. The maximum Gasteiger partial charge on any atom is 0.237 e. The van der Waals surface area contributed by atoms with Crippen LogP contribution in [0.5, 0.6) is 0 Å². The molecular weight excluding hydrogens is 282 g/mol. The van der Waals surface area contributed by atoms with Gasteiger partial charge in [-0.1, -0.05) is 23.2 Å². The van der Waals surface area contributed by atoms with Crippen molar-refractivity contribution in [1.29, 1.82) is 0 Å². The summed E-state index contributed by atoms with van der Waals surface area (Å²) in [5.74, 6) is -1.23. The van der Waals surface area contributed by atoms with Gasteiger partial charge in [0.05, 0.1) is 0 Å². The molecule has 0 heterocycles. The molecule has 0 N–H and O–H groups in total. The predicted molar refractivity (Wildman–Crippen MR) is 60.9 cm³/mol. The molecular formula is C9H4Cl4O2. The Morgan fingerprint density at radius 1 is 0.933 bits per heavy atom. The molecule has 0 aliphatic rings. The summed E-state index contributed by atoms with van der Waals surface area (Å²) in [6, 6.07) is 4.30. The molecule has 1 rings (SSSR count). The van der Waals surface area contributed by atoms with Crippen LogP contribution in [0.3, 0.4) is 0 Å². The first-order valence-electron chi connectivity index (χ1n) is 3.76. The lowest BCUT2D eigenvalue weighted by molar-refractivity contribution is -0.120. The largest absolute Gasteiger partial charge is 0.280 e. The standard InChI is InChI=1S/C9H4Cl4O2/c10-5-1-4(2-6(11)3-5)7(8(12)14)9(13)15/h1-3,7H. The minimum Gasteiger partial charge on any atom is -0.280 e. The van der Waals surface area contributed by atoms with E-state index in [1.165, 1.54) is 18.2 Å². The second-order valence-electron chi connectivity index (χ2n) is 2.74. The molecule has 0 amide bonds. The highest BCUT2D eigenvalue weighted by Crippen LogP contribution is 2.27. The van der Waals surface area contributed by atoms with E-state index in [1.54, 1.807) is 0 Å². The number of rotatable bonds is 3. The third-order valence-corrected chi connectivity index (χ3v) is 2.55. The summed E-state index contributed by atoms with van der Waals surface area (Å²) in [5, 5.41) is -1.13. The Morgan fingerprint density at radius 3 is 1.67 bits per heavy atom. The van der Waals surface area contributed by atoms with Gasteiger partial charge in [-0.05, 0) is 47.0 Å². The lowest BCUT2D eigenvalue weighted by Crippen LogP contribution is -2.13. The van der Waals surface area contributed by atoms with Crippen molar-refractivity contribution in [2.75, 3.05) is 0 Å². The van der Waals surface area contributed by atoms with Crippen LogP contribution >= 0.6 is 46.4 Å². The van der Waals surface area contributed by atoms with Crippen molar-refractivity contribution in [2.24, 2.45) is 0 Å². The molecule has 0 aliphatic heterocycles. The minimum absolute atomic E-state index is 0.285. The third kappa shape index (κ3) is 3.35. The Labute approximate surface area is 106 Å². The highest BCUT2D eigenvalue weighted by Gasteiger charge is 2.26. The van der Waals surface area contributed by atoms with Gasteiger partial charge in [-0.25, -0.2) is 0 Å². The monoisotopic (exact) mass is 284 g/mol. The molecule has 0 radical (unpaired) electrons. The summed E-state index contributed by atoms with van der Waals surface area (Å²) in [6.45, 7) is 0. The molecule has 0 aliphatic carbocycles. The maximum absolute atomic E-state index is 11.0. The smallest absolute Gasteiger partial charge is 0.237 e. The molecule has 80 valence electrons. The van der Waals surface area contributed by atoms with E-state index in [9.17, 15) is 9.59 Å². The van der Waals surface area contributed by atoms with E-state index in [-0.39, 0.29) is 5.56 Å². The van der Waals surface area contributed by atoms with E-state index >= 15 is 0 Å².